The minimum absolute atomic E-state index is 0.102. The van der Waals surface area contributed by atoms with E-state index in [1.165, 1.54) is 0 Å². The molecular weight excluding hydrogens is 474 g/mol. The van der Waals surface area contributed by atoms with Gasteiger partial charge in [0, 0.05) is 17.8 Å². The Kier molecular flexibility index (Phi) is 8.38. The van der Waals surface area contributed by atoms with E-state index in [9.17, 15) is 9.00 Å². The van der Waals surface area contributed by atoms with E-state index in [1.54, 1.807) is 12.1 Å². The molecule has 1 unspecified atom stereocenters. The monoisotopic (exact) mass is 511 g/mol. The van der Waals surface area contributed by atoms with Gasteiger partial charge in [0.1, 0.15) is 15.7 Å². The normalized spacial score (nSPS) is 13.3. The molecule has 0 aliphatic heterocycles. The van der Waals surface area contributed by atoms with Gasteiger partial charge >= 0.3 is 6.03 Å². The molecule has 3 rings (SSSR count). The van der Waals surface area contributed by atoms with Crippen molar-refractivity contribution in [2.24, 2.45) is 9.50 Å². The Bertz CT molecular complexity index is 1320. The lowest BCUT2D eigenvalue weighted by atomic mass is 9.88. The number of nitrogens with zero attached hydrogens (tertiary/aromatic N) is 3. The Morgan fingerprint density at radius 1 is 1.08 bits per heavy atom. The number of amides is 2. The second kappa shape index (κ2) is 10.9. The van der Waals surface area contributed by atoms with Gasteiger partial charge in [0.15, 0.2) is 0 Å². The molecule has 3 aromatic rings. The van der Waals surface area contributed by atoms with Crippen LogP contribution in [-0.4, -0.2) is 34.4 Å². The first kappa shape index (κ1) is 27.6. The number of anilines is 1. The molecule has 2 amide bonds. The third-order valence-corrected chi connectivity index (χ3v) is 7.36. The lowest BCUT2D eigenvalue weighted by Crippen LogP contribution is -2.19. The van der Waals surface area contributed by atoms with Gasteiger partial charge < -0.3 is 14.7 Å². The predicted molar refractivity (Wildman–Crippen MR) is 145 cm³/mol. The molecule has 0 aliphatic rings. The van der Waals surface area contributed by atoms with E-state index >= 15 is 0 Å². The first-order valence-corrected chi connectivity index (χ1v) is 13.6. The average Bonchev–Trinajstić information content (AvgIpc) is 3.11. The number of aryl methyl sites for hydroxylation is 2. The largest absolute Gasteiger partial charge is 0.361 e. The summed E-state index contributed by atoms with van der Waals surface area (Å²) in [6, 6.07) is 10.4. The van der Waals surface area contributed by atoms with Crippen LogP contribution in [-0.2, 0) is 16.5 Å². The zero-order valence-electron chi connectivity index (χ0n) is 22.4. The molecule has 2 aromatic carbocycles. The maximum atomic E-state index is 13.2. The van der Waals surface area contributed by atoms with Gasteiger partial charge in [-0.1, -0.05) is 45.0 Å². The van der Waals surface area contributed by atoms with E-state index in [0.29, 0.717) is 10.6 Å². The zero-order chi connectivity index (χ0) is 26.8. The van der Waals surface area contributed by atoms with Gasteiger partial charge in [-0.15, -0.1) is 4.36 Å². The van der Waals surface area contributed by atoms with E-state index in [2.05, 4.69) is 42.5 Å². The van der Waals surface area contributed by atoms with Crippen molar-refractivity contribution in [3.8, 4) is 11.1 Å². The summed E-state index contributed by atoms with van der Waals surface area (Å²) in [5.41, 5.74) is 6.33. The minimum Gasteiger partial charge on any atom is -0.361 e. The third-order valence-electron chi connectivity index (χ3n) is 5.98. The topological polar surface area (TPSA) is 114 Å². The molecule has 1 heterocycles. The highest BCUT2D eigenvalue weighted by Crippen LogP contribution is 2.39. The molecule has 8 nitrogen and oxygen atoms in total. The quantitative estimate of drug-likeness (QED) is 0.392. The molecule has 194 valence electrons. The fourth-order valence-corrected chi connectivity index (χ4v) is 5.17. The third kappa shape index (κ3) is 6.21. The SMILES string of the molecule is Cc1noc(C)c1-c1cc(C(C)C)c(NC(=O)N=S(N)(=O)c2ccc(CN(C)C)cc2)c(C(C)C)c1. The fraction of sp³-hybridized carbons (Fsp3) is 0.407. The van der Waals surface area contributed by atoms with Crippen LogP contribution in [0.2, 0.25) is 0 Å². The second-order valence-corrected chi connectivity index (χ2v) is 11.8. The number of urea groups is 1. The molecule has 1 aromatic heterocycles. The summed E-state index contributed by atoms with van der Waals surface area (Å²) in [6.07, 6.45) is 0. The van der Waals surface area contributed by atoms with Gasteiger partial charge in [0.05, 0.1) is 10.6 Å². The van der Waals surface area contributed by atoms with Gasteiger partial charge in [-0.05, 0) is 86.3 Å². The van der Waals surface area contributed by atoms with E-state index < -0.39 is 15.9 Å². The number of hydrogen-bond donors (Lipinski definition) is 2. The highest BCUT2D eigenvalue weighted by molar-refractivity contribution is 7.91. The molecule has 1 atom stereocenters. The second-order valence-electron chi connectivity index (χ2n) is 10.0. The van der Waals surface area contributed by atoms with Crippen LogP contribution in [0.15, 0.2) is 50.2 Å². The van der Waals surface area contributed by atoms with Crippen LogP contribution < -0.4 is 10.5 Å². The van der Waals surface area contributed by atoms with Crippen molar-refractivity contribution >= 4 is 21.6 Å². The highest BCUT2D eigenvalue weighted by Gasteiger charge is 2.22. The number of nitrogens with two attached hydrogens (primary N) is 1. The molecule has 3 N–H and O–H groups in total. The Hall–Kier alpha value is -3.01. The molecule has 9 heteroatoms. The van der Waals surface area contributed by atoms with Crippen LogP contribution in [0.3, 0.4) is 0 Å². The predicted octanol–water partition coefficient (Wildman–Crippen LogP) is 6.20. The molecule has 0 aliphatic carbocycles. The van der Waals surface area contributed by atoms with Crippen LogP contribution in [0, 0.1) is 13.8 Å². The molecule has 0 radical (unpaired) electrons. The van der Waals surface area contributed by atoms with Crippen molar-refractivity contribution in [3.05, 3.63) is 64.5 Å². The van der Waals surface area contributed by atoms with Crippen molar-refractivity contribution in [1.29, 1.82) is 0 Å². The van der Waals surface area contributed by atoms with Crippen molar-refractivity contribution < 1.29 is 13.5 Å². The molecule has 0 spiro atoms. The standard InChI is InChI=1S/C27H37N5O3S/c1-16(2)23-13-21(25-18(5)30-35-19(25)6)14-24(17(3)4)26(23)29-27(33)31-36(28,34)22-11-9-20(10-12-22)15-32(7)8/h9-14,16-17H,15H2,1-8H3,(H3,28,29,31,33,34). The van der Waals surface area contributed by atoms with Crippen molar-refractivity contribution in [1.82, 2.24) is 10.1 Å². The van der Waals surface area contributed by atoms with E-state index in [4.69, 9.17) is 9.66 Å². The first-order valence-electron chi connectivity index (χ1n) is 12.0. The maximum absolute atomic E-state index is 13.2. The molecule has 0 fully saturated rings. The fourth-order valence-electron chi connectivity index (χ4n) is 4.24. The summed E-state index contributed by atoms with van der Waals surface area (Å²) in [4.78, 5) is 15.4. The number of nitrogens with one attached hydrogen (secondary N) is 1. The van der Waals surface area contributed by atoms with Crippen molar-refractivity contribution in [3.63, 3.8) is 0 Å². The maximum Gasteiger partial charge on any atom is 0.354 e. The van der Waals surface area contributed by atoms with Crippen LogP contribution in [0.25, 0.3) is 11.1 Å². The van der Waals surface area contributed by atoms with Gasteiger partial charge in [-0.25, -0.2) is 14.1 Å². The summed E-state index contributed by atoms with van der Waals surface area (Å²) in [5.74, 6) is 0.942. The van der Waals surface area contributed by atoms with E-state index in [0.717, 1.165) is 45.8 Å². The van der Waals surface area contributed by atoms with Gasteiger partial charge in [-0.2, -0.15) is 0 Å². The number of carbonyl (C=O) groups excluding carboxylic acids is 1. The summed E-state index contributed by atoms with van der Waals surface area (Å²) < 4.78 is 22.4. The van der Waals surface area contributed by atoms with E-state index in [-0.39, 0.29) is 11.8 Å². The van der Waals surface area contributed by atoms with Crippen LogP contribution in [0.5, 0.6) is 0 Å². The molecular formula is C27H37N5O3S. The van der Waals surface area contributed by atoms with Gasteiger partial charge in [-0.3, -0.25) is 0 Å². The summed E-state index contributed by atoms with van der Waals surface area (Å²) >= 11 is 0. The number of hydrogen-bond acceptors (Lipinski definition) is 5. The lowest BCUT2D eigenvalue weighted by molar-refractivity contribution is 0.260. The Balaban J connectivity index is 2.01. The highest BCUT2D eigenvalue weighted by atomic mass is 32.2. The minimum atomic E-state index is -3.42. The van der Waals surface area contributed by atoms with Crippen LogP contribution >= 0.6 is 0 Å². The molecule has 36 heavy (non-hydrogen) atoms. The smallest absolute Gasteiger partial charge is 0.354 e. The molecule has 0 bridgehead atoms. The Labute approximate surface area is 214 Å². The van der Waals surface area contributed by atoms with Crippen LogP contribution in [0.4, 0.5) is 10.5 Å². The molecule has 0 saturated carbocycles. The number of rotatable bonds is 7. The number of benzene rings is 2. The van der Waals surface area contributed by atoms with Crippen molar-refractivity contribution in [2.45, 2.75) is 64.8 Å². The molecule has 0 saturated heterocycles. The van der Waals surface area contributed by atoms with Crippen LogP contribution in [0.1, 0.15) is 67.7 Å². The van der Waals surface area contributed by atoms with Crippen molar-refractivity contribution in [2.75, 3.05) is 19.4 Å². The van der Waals surface area contributed by atoms with E-state index in [1.807, 2.05) is 57.1 Å². The van der Waals surface area contributed by atoms with Gasteiger partial charge in [0.2, 0.25) is 0 Å². The lowest BCUT2D eigenvalue weighted by Gasteiger charge is -2.21. The number of aromatic nitrogens is 1. The van der Waals surface area contributed by atoms with Gasteiger partial charge in [0.25, 0.3) is 0 Å². The first-order chi connectivity index (χ1) is 16.8. The zero-order valence-corrected chi connectivity index (χ0v) is 23.2. The summed E-state index contributed by atoms with van der Waals surface area (Å²) in [6.45, 7) is 12.8. The summed E-state index contributed by atoms with van der Waals surface area (Å²) in [5, 5.41) is 13.0. The summed E-state index contributed by atoms with van der Waals surface area (Å²) in [7, 11) is 0.522. The Morgan fingerprint density at radius 3 is 2.08 bits per heavy atom. The number of carbonyl (C=O) groups is 1. The average molecular weight is 512 g/mol. The Morgan fingerprint density at radius 2 is 1.64 bits per heavy atom.